The van der Waals surface area contributed by atoms with Crippen molar-refractivity contribution in [1.82, 2.24) is 19.4 Å². The van der Waals surface area contributed by atoms with E-state index in [0.29, 0.717) is 39.8 Å². The van der Waals surface area contributed by atoms with Gasteiger partial charge in [0.1, 0.15) is 5.56 Å². The highest BCUT2D eigenvalue weighted by atomic mass is 35.5. The van der Waals surface area contributed by atoms with E-state index >= 15 is 0 Å². The summed E-state index contributed by atoms with van der Waals surface area (Å²) in [6.45, 7) is 0.601. The normalized spacial score (nSPS) is 10.9. The molecule has 0 atom stereocenters. The summed E-state index contributed by atoms with van der Waals surface area (Å²) in [5.74, 6) is -0.205. The molecule has 0 radical (unpaired) electrons. The second kappa shape index (κ2) is 11.2. The molecule has 2 aromatic carbocycles. The van der Waals surface area contributed by atoms with Gasteiger partial charge in [0.15, 0.2) is 0 Å². The maximum Gasteiger partial charge on any atom is 0.330 e. The number of methoxy groups -OCH3 is 1. The predicted octanol–water partition coefficient (Wildman–Crippen LogP) is 4.10. The van der Waals surface area contributed by atoms with Crippen LogP contribution in [0.5, 0.6) is 5.88 Å². The summed E-state index contributed by atoms with van der Waals surface area (Å²) in [6, 6.07) is 14.4. The summed E-state index contributed by atoms with van der Waals surface area (Å²) in [5.41, 5.74) is 2.25. The highest BCUT2D eigenvalue weighted by molar-refractivity contribution is 6.39. The van der Waals surface area contributed by atoms with E-state index in [1.165, 1.54) is 20.3 Å². The van der Waals surface area contributed by atoms with Gasteiger partial charge in [0.05, 0.1) is 28.5 Å². The van der Waals surface area contributed by atoms with Crippen molar-refractivity contribution in [1.29, 1.82) is 0 Å². The molecular weight excluding hydrogens is 529 g/mol. The van der Waals surface area contributed by atoms with Gasteiger partial charge in [0, 0.05) is 49.1 Å². The number of nitrogens with one attached hydrogen (secondary N) is 2. The van der Waals surface area contributed by atoms with Crippen molar-refractivity contribution in [3.63, 3.8) is 0 Å². The molecule has 2 aromatic heterocycles. The highest BCUT2D eigenvalue weighted by Gasteiger charge is 2.19. The molecule has 2 heterocycles. The zero-order valence-corrected chi connectivity index (χ0v) is 22.6. The monoisotopic (exact) mass is 553 g/mol. The topological polar surface area (TPSA) is 107 Å². The van der Waals surface area contributed by atoms with Crippen molar-refractivity contribution in [3.05, 3.63) is 96.7 Å². The zero-order chi connectivity index (χ0) is 27.6. The largest absolute Gasteiger partial charge is 0.481 e. The van der Waals surface area contributed by atoms with Crippen LogP contribution in [-0.4, -0.2) is 34.2 Å². The lowest BCUT2D eigenvalue weighted by Gasteiger charge is -2.15. The number of aromatic nitrogens is 3. The van der Waals surface area contributed by atoms with E-state index < -0.39 is 17.2 Å². The minimum absolute atomic E-state index is 0.196. The van der Waals surface area contributed by atoms with E-state index in [4.69, 9.17) is 27.9 Å². The number of rotatable bonds is 7. The first-order valence-corrected chi connectivity index (χ1v) is 12.3. The Bertz CT molecular complexity index is 1660. The Kier molecular flexibility index (Phi) is 8.01. The van der Waals surface area contributed by atoms with Crippen molar-refractivity contribution < 1.29 is 9.53 Å². The average molecular weight is 554 g/mol. The number of nitrogens with zero attached hydrogens (tertiary/aromatic N) is 3. The molecule has 2 N–H and O–H groups in total. The van der Waals surface area contributed by atoms with E-state index in [9.17, 15) is 14.4 Å². The van der Waals surface area contributed by atoms with E-state index in [0.717, 1.165) is 14.7 Å². The second-order valence-electron chi connectivity index (χ2n) is 8.48. The molecule has 11 heteroatoms. The van der Waals surface area contributed by atoms with E-state index in [-0.39, 0.29) is 16.3 Å². The van der Waals surface area contributed by atoms with Crippen LogP contribution in [0.2, 0.25) is 10.0 Å². The van der Waals surface area contributed by atoms with Crippen LogP contribution in [0.3, 0.4) is 0 Å². The molecule has 4 aromatic rings. The first-order chi connectivity index (χ1) is 18.2. The number of hydrogen-bond donors (Lipinski definition) is 2. The fraction of sp³-hybridized carbons (Fsp3) is 0.185. The fourth-order valence-corrected chi connectivity index (χ4v) is 4.65. The van der Waals surface area contributed by atoms with E-state index in [2.05, 4.69) is 15.6 Å². The van der Waals surface area contributed by atoms with Gasteiger partial charge >= 0.3 is 5.69 Å². The van der Waals surface area contributed by atoms with Crippen molar-refractivity contribution in [2.75, 3.05) is 19.5 Å². The van der Waals surface area contributed by atoms with Gasteiger partial charge in [-0.1, -0.05) is 59.6 Å². The van der Waals surface area contributed by atoms with Gasteiger partial charge in [-0.25, -0.2) is 9.78 Å². The predicted molar refractivity (Wildman–Crippen MR) is 149 cm³/mol. The van der Waals surface area contributed by atoms with E-state index in [1.807, 2.05) is 37.4 Å². The summed E-state index contributed by atoms with van der Waals surface area (Å²) >= 11 is 13.6. The Morgan fingerprint density at radius 2 is 1.63 bits per heavy atom. The number of ether oxygens (including phenoxy) is 1. The van der Waals surface area contributed by atoms with Gasteiger partial charge in [-0.2, -0.15) is 0 Å². The number of carbonyl (C=O) groups excluding carboxylic acids is 1. The van der Waals surface area contributed by atoms with Crippen LogP contribution < -0.4 is 26.6 Å². The lowest BCUT2D eigenvalue weighted by molar-refractivity contribution is 0.102. The fourth-order valence-electron chi connectivity index (χ4n) is 4.05. The Morgan fingerprint density at radius 3 is 2.32 bits per heavy atom. The molecule has 0 saturated heterocycles. The number of benzene rings is 2. The summed E-state index contributed by atoms with van der Waals surface area (Å²) in [4.78, 5) is 42.0. The number of anilines is 1. The molecule has 38 heavy (non-hydrogen) atoms. The molecule has 0 saturated carbocycles. The summed E-state index contributed by atoms with van der Waals surface area (Å²) in [5, 5.41) is 6.41. The molecule has 0 bridgehead atoms. The number of halogens is 2. The first-order valence-electron chi connectivity index (χ1n) is 11.5. The Balaban J connectivity index is 1.73. The maximum absolute atomic E-state index is 12.9. The number of amides is 1. The third-order valence-corrected chi connectivity index (χ3v) is 6.82. The number of hydrogen-bond acceptors (Lipinski definition) is 6. The SMILES string of the molecule is CNCc1ccc(-c2cccc(-c3cccc(NC(=O)c4cn(C)c(=O)n(C)c4=O)c3Cl)c2Cl)nc1OC. The van der Waals surface area contributed by atoms with Gasteiger partial charge in [-0.05, 0) is 19.2 Å². The molecule has 196 valence electrons. The Morgan fingerprint density at radius 1 is 0.974 bits per heavy atom. The smallest absolute Gasteiger partial charge is 0.330 e. The van der Waals surface area contributed by atoms with Gasteiger partial charge in [0.2, 0.25) is 5.88 Å². The van der Waals surface area contributed by atoms with Gasteiger partial charge in [0.25, 0.3) is 11.5 Å². The Labute approximate surface area is 228 Å². The standard InChI is InChI=1S/C27H25Cl2N5O4/c1-30-13-15-11-12-20(32-25(15)38-4)18-9-5-7-16(22(18)28)17-8-6-10-21(23(17)29)31-24(35)19-14-33(2)27(37)34(3)26(19)36/h5-12,14,30H,13H2,1-4H3,(H,31,35). The summed E-state index contributed by atoms with van der Waals surface area (Å²) in [6.07, 6.45) is 1.20. The minimum atomic E-state index is -0.711. The van der Waals surface area contributed by atoms with Crippen molar-refractivity contribution in [2.24, 2.45) is 14.1 Å². The van der Waals surface area contributed by atoms with E-state index in [1.54, 1.807) is 25.3 Å². The molecule has 4 rings (SSSR count). The van der Waals surface area contributed by atoms with Crippen molar-refractivity contribution in [3.8, 4) is 28.3 Å². The molecule has 0 spiro atoms. The van der Waals surface area contributed by atoms with Gasteiger partial charge in [-0.15, -0.1) is 0 Å². The minimum Gasteiger partial charge on any atom is -0.481 e. The highest BCUT2D eigenvalue weighted by Crippen LogP contribution is 2.41. The van der Waals surface area contributed by atoms with Crippen LogP contribution in [0, 0.1) is 0 Å². The molecule has 0 fully saturated rings. The van der Waals surface area contributed by atoms with Crippen LogP contribution in [0.25, 0.3) is 22.4 Å². The third kappa shape index (κ3) is 5.08. The lowest BCUT2D eigenvalue weighted by Crippen LogP contribution is -2.40. The number of carbonyl (C=O) groups is 1. The molecule has 0 aliphatic rings. The van der Waals surface area contributed by atoms with Gasteiger partial charge < -0.3 is 19.9 Å². The molecule has 0 aliphatic heterocycles. The third-order valence-electron chi connectivity index (χ3n) is 6.00. The van der Waals surface area contributed by atoms with Crippen LogP contribution in [0.4, 0.5) is 5.69 Å². The quantitative estimate of drug-likeness (QED) is 0.356. The maximum atomic E-state index is 12.9. The van der Waals surface area contributed by atoms with Crippen LogP contribution in [0.15, 0.2) is 64.3 Å². The number of pyridine rings is 1. The molecule has 9 nitrogen and oxygen atoms in total. The van der Waals surface area contributed by atoms with Crippen LogP contribution >= 0.6 is 23.2 Å². The van der Waals surface area contributed by atoms with Crippen LogP contribution in [0.1, 0.15) is 15.9 Å². The molecule has 1 amide bonds. The molecule has 0 unspecified atom stereocenters. The van der Waals surface area contributed by atoms with Gasteiger partial charge in [-0.3, -0.25) is 14.2 Å². The second-order valence-corrected chi connectivity index (χ2v) is 9.24. The summed E-state index contributed by atoms with van der Waals surface area (Å²) in [7, 11) is 6.17. The average Bonchev–Trinajstić information content (AvgIpc) is 2.91. The zero-order valence-electron chi connectivity index (χ0n) is 21.1. The lowest BCUT2D eigenvalue weighted by atomic mass is 10.00. The summed E-state index contributed by atoms with van der Waals surface area (Å²) < 4.78 is 7.48. The first kappa shape index (κ1) is 27.1. The number of aryl methyl sites for hydroxylation is 1. The molecular formula is C27H25Cl2N5O4. The van der Waals surface area contributed by atoms with Crippen molar-refractivity contribution in [2.45, 2.75) is 6.54 Å². The van der Waals surface area contributed by atoms with Crippen LogP contribution in [-0.2, 0) is 20.6 Å². The molecule has 0 aliphatic carbocycles. The van der Waals surface area contributed by atoms with Crippen molar-refractivity contribution >= 4 is 34.8 Å². The Hall–Kier alpha value is -3.92.